The SMILES string of the molecule is CCOC(=O)c1ccc(NC(=O)CN2CC(C)(c3ccccc3)C(c3ccc(Cl)cc3)=N2)cc1. The van der Waals surface area contributed by atoms with Gasteiger partial charge in [-0.1, -0.05) is 54.1 Å². The van der Waals surface area contributed by atoms with Gasteiger partial charge in [-0.25, -0.2) is 4.79 Å². The van der Waals surface area contributed by atoms with Gasteiger partial charge < -0.3 is 10.1 Å². The number of nitrogens with zero attached hydrogens (tertiary/aromatic N) is 2. The third-order valence-electron chi connectivity index (χ3n) is 5.80. The monoisotopic (exact) mass is 475 g/mol. The molecule has 0 fully saturated rings. The van der Waals surface area contributed by atoms with Crippen molar-refractivity contribution in [1.82, 2.24) is 5.01 Å². The smallest absolute Gasteiger partial charge is 0.338 e. The Balaban J connectivity index is 1.51. The van der Waals surface area contributed by atoms with Gasteiger partial charge in [-0.15, -0.1) is 0 Å². The predicted octanol–water partition coefficient (Wildman–Crippen LogP) is 5.13. The van der Waals surface area contributed by atoms with E-state index in [1.165, 1.54) is 0 Å². The van der Waals surface area contributed by atoms with Gasteiger partial charge in [-0.3, -0.25) is 9.80 Å². The highest BCUT2D eigenvalue weighted by molar-refractivity contribution is 6.30. The number of carbonyl (C=O) groups excluding carboxylic acids is 2. The molecule has 1 heterocycles. The van der Waals surface area contributed by atoms with E-state index in [2.05, 4.69) is 24.4 Å². The summed E-state index contributed by atoms with van der Waals surface area (Å²) < 4.78 is 4.99. The van der Waals surface area contributed by atoms with Crippen LogP contribution in [0.15, 0.2) is 84.0 Å². The van der Waals surface area contributed by atoms with E-state index in [-0.39, 0.29) is 18.4 Å². The van der Waals surface area contributed by atoms with Crippen LogP contribution in [0.2, 0.25) is 5.02 Å². The molecule has 0 aliphatic carbocycles. The lowest BCUT2D eigenvalue weighted by atomic mass is 9.76. The van der Waals surface area contributed by atoms with Crippen molar-refractivity contribution in [2.24, 2.45) is 5.10 Å². The van der Waals surface area contributed by atoms with E-state index in [0.29, 0.717) is 29.4 Å². The summed E-state index contributed by atoms with van der Waals surface area (Å²) in [5.41, 5.74) is 3.63. The third kappa shape index (κ3) is 5.13. The second-order valence-corrected chi connectivity index (χ2v) is 8.76. The molecular formula is C27H26ClN3O3. The van der Waals surface area contributed by atoms with Gasteiger partial charge in [0.25, 0.3) is 0 Å². The molecule has 1 aliphatic heterocycles. The topological polar surface area (TPSA) is 71.0 Å². The number of rotatable bonds is 7. The first kappa shape index (κ1) is 23.5. The minimum atomic E-state index is -0.392. The second kappa shape index (κ2) is 10.1. The van der Waals surface area contributed by atoms with Gasteiger partial charge in [-0.05, 0) is 61.4 Å². The molecule has 1 amide bonds. The summed E-state index contributed by atoms with van der Waals surface area (Å²) in [7, 11) is 0. The molecule has 1 aliphatic rings. The second-order valence-electron chi connectivity index (χ2n) is 8.32. The van der Waals surface area contributed by atoms with Crippen LogP contribution >= 0.6 is 11.6 Å². The van der Waals surface area contributed by atoms with Crippen LogP contribution in [-0.2, 0) is 14.9 Å². The summed E-state index contributed by atoms with van der Waals surface area (Å²) in [6, 6.07) is 24.4. The van der Waals surface area contributed by atoms with Crippen molar-refractivity contribution in [3.05, 3.63) is 101 Å². The maximum Gasteiger partial charge on any atom is 0.338 e. The highest BCUT2D eigenvalue weighted by Crippen LogP contribution is 2.35. The van der Waals surface area contributed by atoms with Crippen LogP contribution in [0.1, 0.15) is 35.3 Å². The summed E-state index contributed by atoms with van der Waals surface area (Å²) in [6.07, 6.45) is 0. The first-order valence-electron chi connectivity index (χ1n) is 11.1. The van der Waals surface area contributed by atoms with Crippen LogP contribution in [0.3, 0.4) is 0 Å². The van der Waals surface area contributed by atoms with Gasteiger partial charge in [0.1, 0.15) is 6.54 Å². The maximum atomic E-state index is 12.8. The Bertz CT molecular complexity index is 1190. The molecule has 3 aromatic rings. The fraction of sp³-hybridized carbons (Fsp3) is 0.222. The molecule has 0 saturated carbocycles. The van der Waals surface area contributed by atoms with Crippen LogP contribution < -0.4 is 5.32 Å². The van der Waals surface area contributed by atoms with Crippen LogP contribution in [0.25, 0.3) is 0 Å². The third-order valence-corrected chi connectivity index (χ3v) is 6.05. The Kier molecular flexibility index (Phi) is 6.98. The van der Waals surface area contributed by atoms with Crippen LogP contribution in [0, 0.1) is 0 Å². The van der Waals surface area contributed by atoms with Gasteiger partial charge in [-0.2, -0.15) is 5.10 Å². The Labute approximate surface area is 204 Å². The largest absolute Gasteiger partial charge is 0.462 e. The summed E-state index contributed by atoms with van der Waals surface area (Å²) in [6.45, 7) is 4.87. The molecular weight excluding hydrogens is 450 g/mol. The molecule has 1 N–H and O–H groups in total. The van der Waals surface area contributed by atoms with Crippen LogP contribution in [-0.4, -0.2) is 42.3 Å². The Morgan fingerprint density at radius 2 is 1.71 bits per heavy atom. The lowest BCUT2D eigenvalue weighted by molar-refractivity contribution is -0.117. The van der Waals surface area contributed by atoms with E-state index in [4.69, 9.17) is 21.4 Å². The Morgan fingerprint density at radius 3 is 2.35 bits per heavy atom. The molecule has 34 heavy (non-hydrogen) atoms. The van der Waals surface area contributed by atoms with Crippen LogP contribution in [0.4, 0.5) is 5.69 Å². The number of esters is 1. The molecule has 1 atom stereocenters. The molecule has 0 bridgehead atoms. The molecule has 1 unspecified atom stereocenters. The number of carbonyl (C=O) groups is 2. The van der Waals surface area contributed by atoms with Crippen molar-refractivity contribution in [2.75, 3.05) is 25.0 Å². The number of anilines is 1. The van der Waals surface area contributed by atoms with Crippen molar-refractivity contribution in [2.45, 2.75) is 19.3 Å². The van der Waals surface area contributed by atoms with Gasteiger partial charge >= 0.3 is 5.97 Å². The van der Waals surface area contributed by atoms with Crippen molar-refractivity contribution < 1.29 is 14.3 Å². The Hall–Kier alpha value is -3.64. The number of hydrogen-bond acceptors (Lipinski definition) is 5. The zero-order valence-electron chi connectivity index (χ0n) is 19.1. The molecule has 0 saturated heterocycles. The lowest BCUT2D eigenvalue weighted by Gasteiger charge is -2.27. The fourth-order valence-corrected chi connectivity index (χ4v) is 4.23. The molecule has 6 nitrogen and oxygen atoms in total. The van der Waals surface area contributed by atoms with Crippen LogP contribution in [0.5, 0.6) is 0 Å². The zero-order valence-corrected chi connectivity index (χ0v) is 19.9. The van der Waals surface area contributed by atoms with E-state index in [1.807, 2.05) is 42.5 Å². The first-order valence-corrected chi connectivity index (χ1v) is 11.5. The molecule has 0 aromatic heterocycles. The number of amides is 1. The standard InChI is InChI=1S/C27H26ClN3O3/c1-3-34-26(33)20-11-15-23(16-12-20)29-24(32)17-31-18-27(2,21-7-5-4-6-8-21)25(30-31)19-9-13-22(28)14-10-19/h4-16H,3,17-18H2,1-2H3,(H,29,32). The first-order chi connectivity index (χ1) is 16.4. The number of nitrogens with one attached hydrogen (secondary N) is 1. The highest BCUT2D eigenvalue weighted by Gasteiger charge is 2.41. The van der Waals surface area contributed by atoms with Gasteiger partial charge in [0.15, 0.2) is 0 Å². The number of hydrazone groups is 1. The molecule has 0 radical (unpaired) electrons. The summed E-state index contributed by atoms with van der Waals surface area (Å²) >= 11 is 6.09. The maximum absolute atomic E-state index is 12.8. The number of ether oxygens (including phenoxy) is 1. The fourth-order valence-electron chi connectivity index (χ4n) is 4.11. The average Bonchev–Trinajstić information content (AvgIpc) is 3.17. The molecule has 3 aromatic carbocycles. The van der Waals surface area contributed by atoms with Crippen molar-refractivity contribution >= 4 is 34.9 Å². The zero-order chi connectivity index (χ0) is 24.1. The van der Waals surface area contributed by atoms with E-state index in [0.717, 1.165) is 16.8 Å². The van der Waals surface area contributed by atoms with E-state index >= 15 is 0 Å². The van der Waals surface area contributed by atoms with Gasteiger partial charge in [0, 0.05) is 10.7 Å². The van der Waals surface area contributed by atoms with E-state index in [1.54, 1.807) is 36.2 Å². The summed E-state index contributed by atoms with van der Waals surface area (Å²) in [4.78, 5) is 24.6. The number of halogens is 1. The molecule has 4 rings (SSSR count). The quantitative estimate of drug-likeness (QED) is 0.481. The lowest BCUT2D eigenvalue weighted by Crippen LogP contribution is -2.38. The van der Waals surface area contributed by atoms with Gasteiger partial charge in [0.05, 0.1) is 29.8 Å². The number of benzene rings is 3. The minimum Gasteiger partial charge on any atom is -0.462 e. The molecule has 0 spiro atoms. The predicted molar refractivity (Wildman–Crippen MR) is 134 cm³/mol. The van der Waals surface area contributed by atoms with E-state index < -0.39 is 5.41 Å². The molecule has 7 heteroatoms. The van der Waals surface area contributed by atoms with Crippen molar-refractivity contribution in [1.29, 1.82) is 0 Å². The van der Waals surface area contributed by atoms with E-state index in [9.17, 15) is 9.59 Å². The average molecular weight is 476 g/mol. The minimum absolute atomic E-state index is 0.0964. The summed E-state index contributed by atoms with van der Waals surface area (Å²) in [5, 5.41) is 10.2. The Morgan fingerprint density at radius 1 is 1.03 bits per heavy atom. The number of hydrogen-bond donors (Lipinski definition) is 1. The normalized spacial score (nSPS) is 17.3. The van der Waals surface area contributed by atoms with Gasteiger partial charge in [0.2, 0.25) is 5.91 Å². The highest BCUT2D eigenvalue weighted by atomic mass is 35.5. The molecule has 174 valence electrons. The van der Waals surface area contributed by atoms with Crippen molar-refractivity contribution in [3.63, 3.8) is 0 Å². The van der Waals surface area contributed by atoms with Crippen molar-refractivity contribution in [3.8, 4) is 0 Å². The summed E-state index contributed by atoms with van der Waals surface area (Å²) in [5.74, 6) is -0.581.